The number of sulfonamides is 1. The zero-order valence-electron chi connectivity index (χ0n) is 18.2. The van der Waals surface area contributed by atoms with Crippen LogP contribution in [0.2, 0.25) is 0 Å². The molecule has 32 heavy (non-hydrogen) atoms. The number of para-hydroxylation sites is 1. The fourth-order valence-electron chi connectivity index (χ4n) is 3.92. The van der Waals surface area contributed by atoms with Crippen LogP contribution in [0.5, 0.6) is 0 Å². The predicted molar refractivity (Wildman–Crippen MR) is 128 cm³/mol. The number of hydrogen-bond acceptors (Lipinski definition) is 4. The molecule has 0 spiro atoms. The number of rotatable bonds is 6. The van der Waals surface area contributed by atoms with E-state index in [0.717, 1.165) is 23.2 Å². The van der Waals surface area contributed by atoms with Crippen LogP contribution >= 0.6 is 0 Å². The molecule has 166 valence electrons. The third-order valence-corrected chi connectivity index (χ3v) is 7.02. The van der Waals surface area contributed by atoms with E-state index in [-0.39, 0.29) is 16.8 Å². The minimum Gasteiger partial charge on any atom is -0.380 e. The fourth-order valence-corrected chi connectivity index (χ4v) is 5.00. The lowest BCUT2D eigenvalue weighted by Gasteiger charge is -2.19. The van der Waals surface area contributed by atoms with Crippen LogP contribution in [0, 0.1) is 13.8 Å². The molecule has 2 N–H and O–H groups in total. The topological polar surface area (TPSA) is 78.5 Å². The molecule has 1 aliphatic heterocycles. The van der Waals surface area contributed by atoms with Crippen LogP contribution in [0.1, 0.15) is 27.9 Å². The average molecular weight is 450 g/mol. The van der Waals surface area contributed by atoms with E-state index < -0.39 is 10.0 Å². The Morgan fingerprint density at radius 3 is 2.44 bits per heavy atom. The Labute approximate surface area is 189 Å². The third kappa shape index (κ3) is 4.94. The van der Waals surface area contributed by atoms with E-state index in [9.17, 15) is 13.2 Å². The number of nitrogens with one attached hydrogen (secondary N) is 2. The highest BCUT2D eigenvalue weighted by atomic mass is 32.2. The van der Waals surface area contributed by atoms with Gasteiger partial charge in [0.1, 0.15) is 0 Å². The van der Waals surface area contributed by atoms with Crippen molar-refractivity contribution in [3.05, 3.63) is 89.5 Å². The number of likely N-dealkylation sites (tertiary alicyclic amines) is 1. The Kier molecular flexibility index (Phi) is 6.19. The summed E-state index contributed by atoms with van der Waals surface area (Å²) < 4.78 is 28.5. The molecule has 1 fully saturated rings. The minimum absolute atomic E-state index is 0.0751. The zero-order chi connectivity index (χ0) is 22.7. The second-order valence-electron chi connectivity index (χ2n) is 8.20. The van der Waals surface area contributed by atoms with Crippen molar-refractivity contribution in [2.45, 2.75) is 31.2 Å². The number of carbonyl (C=O) groups excluding carboxylic acids is 1. The molecule has 4 rings (SSSR count). The van der Waals surface area contributed by atoms with Crippen molar-refractivity contribution >= 4 is 27.3 Å². The Hall–Kier alpha value is -3.32. The molecule has 1 amide bonds. The lowest BCUT2D eigenvalue weighted by Crippen LogP contribution is -2.32. The number of carbonyl (C=O) groups is 1. The first-order chi connectivity index (χ1) is 15.3. The lowest BCUT2D eigenvalue weighted by atomic mass is 10.1. The van der Waals surface area contributed by atoms with Crippen molar-refractivity contribution in [3.8, 4) is 0 Å². The molecule has 3 aromatic rings. The molecule has 1 saturated heterocycles. The second kappa shape index (κ2) is 9.04. The van der Waals surface area contributed by atoms with Crippen LogP contribution in [0.25, 0.3) is 0 Å². The van der Waals surface area contributed by atoms with Crippen LogP contribution in [-0.2, 0) is 10.0 Å². The van der Waals surface area contributed by atoms with Gasteiger partial charge in [0, 0.05) is 36.1 Å². The summed E-state index contributed by atoms with van der Waals surface area (Å²) >= 11 is 0. The molecule has 0 bridgehead atoms. The quantitative estimate of drug-likeness (QED) is 0.584. The number of benzene rings is 3. The van der Waals surface area contributed by atoms with Crippen molar-refractivity contribution in [2.24, 2.45) is 0 Å². The number of aryl methyl sites for hydroxylation is 2. The Morgan fingerprint density at radius 2 is 1.69 bits per heavy atom. The van der Waals surface area contributed by atoms with Gasteiger partial charge in [-0.3, -0.25) is 9.52 Å². The normalized spacial score (nSPS) is 16.1. The molecule has 6 nitrogen and oxygen atoms in total. The van der Waals surface area contributed by atoms with Gasteiger partial charge < -0.3 is 10.2 Å². The summed E-state index contributed by atoms with van der Waals surface area (Å²) in [5.41, 5.74) is 3.64. The average Bonchev–Trinajstić information content (AvgIpc) is 3.22. The summed E-state index contributed by atoms with van der Waals surface area (Å²) in [6.07, 6.45) is 0.840. The van der Waals surface area contributed by atoms with Gasteiger partial charge in [0.2, 0.25) is 0 Å². The van der Waals surface area contributed by atoms with E-state index in [4.69, 9.17) is 0 Å². The Bertz CT molecular complexity index is 1230. The molecule has 1 atom stereocenters. The largest absolute Gasteiger partial charge is 0.380 e. The van der Waals surface area contributed by atoms with Crippen molar-refractivity contribution in [1.82, 2.24) is 4.90 Å². The van der Waals surface area contributed by atoms with Gasteiger partial charge in [0.25, 0.3) is 15.9 Å². The van der Waals surface area contributed by atoms with Gasteiger partial charge in [-0.05, 0) is 67.8 Å². The first kappa shape index (κ1) is 21.9. The summed E-state index contributed by atoms with van der Waals surface area (Å²) in [6, 6.07) is 22.0. The van der Waals surface area contributed by atoms with Crippen LogP contribution in [0.15, 0.2) is 77.7 Å². The molecule has 7 heteroatoms. The Balaban J connectivity index is 1.50. The predicted octanol–water partition coefficient (Wildman–Crippen LogP) is 4.43. The van der Waals surface area contributed by atoms with Gasteiger partial charge >= 0.3 is 0 Å². The summed E-state index contributed by atoms with van der Waals surface area (Å²) in [6.45, 7) is 4.93. The van der Waals surface area contributed by atoms with Crippen molar-refractivity contribution < 1.29 is 13.2 Å². The van der Waals surface area contributed by atoms with E-state index in [1.165, 1.54) is 12.1 Å². The first-order valence-corrected chi connectivity index (χ1v) is 12.1. The van der Waals surface area contributed by atoms with E-state index >= 15 is 0 Å². The van der Waals surface area contributed by atoms with Gasteiger partial charge in [-0.15, -0.1) is 0 Å². The van der Waals surface area contributed by atoms with Gasteiger partial charge in [-0.1, -0.05) is 36.4 Å². The molecule has 1 unspecified atom stereocenters. The van der Waals surface area contributed by atoms with Gasteiger partial charge in [-0.2, -0.15) is 0 Å². The van der Waals surface area contributed by atoms with E-state index in [1.54, 1.807) is 29.2 Å². The van der Waals surface area contributed by atoms with E-state index in [1.807, 2.05) is 50.2 Å². The zero-order valence-corrected chi connectivity index (χ0v) is 19.0. The lowest BCUT2D eigenvalue weighted by molar-refractivity contribution is 0.0790. The van der Waals surface area contributed by atoms with Crippen LogP contribution in [0.3, 0.4) is 0 Å². The van der Waals surface area contributed by atoms with E-state index in [0.29, 0.717) is 24.3 Å². The minimum atomic E-state index is -3.81. The van der Waals surface area contributed by atoms with Gasteiger partial charge in [0.15, 0.2) is 0 Å². The van der Waals surface area contributed by atoms with Gasteiger partial charge in [0.05, 0.1) is 4.90 Å². The van der Waals surface area contributed by atoms with Crippen molar-refractivity contribution in [2.75, 3.05) is 23.1 Å². The molecule has 0 aliphatic carbocycles. The monoisotopic (exact) mass is 449 g/mol. The Morgan fingerprint density at radius 1 is 0.938 bits per heavy atom. The smallest absolute Gasteiger partial charge is 0.261 e. The molecule has 0 saturated carbocycles. The second-order valence-corrected chi connectivity index (χ2v) is 9.88. The summed E-state index contributed by atoms with van der Waals surface area (Å²) in [5, 5.41) is 3.46. The third-order valence-electron chi connectivity index (χ3n) is 5.64. The maximum atomic E-state index is 13.2. The molecule has 1 heterocycles. The van der Waals surface area contributed by atoms with E-state index in [2.05, 4.69) is 10.0 Å². The van der Waals surface area contributed by atoms with Crippen LogP contribution in [-0.4, -0.2) is 38.4 Å². The van der Waals surface area contributed by atoms with Gasteiger partial charge in [-0.25, -0.2) is 8.42 Å². The summed E-state index contributed by atoms with van der Waals surface area (Å²) in [5.74, 6) is -0.146. The number of hydrogen-bond donors (Lipinski definition) is 2. The maximum Gasteiger partial charge on any atom is 0.261 e. The molecule has 0 radical (unpaired) electrons. The molecular weight excluding hydrogens is 422 g/mol. The highest BCUT2D eigenvalue weighted by Crippen LogP contribution is 2.23. The molecule has 3 aromatic carbocycles. The molecule has 1 aliphatic rings. The molecule has 0 aromatic heterocycles. The SMILES string of the molecule is Cc1cccc(NS(=O)(=O)c2ccc(C)c(C(=O)N3CCC(Nc4ccccc4)C3)c2)c1. The standard InChI is InChI=1S/C25H27N3O3S/c1-18-7-6-10-21(15-18)27-32(30,31)23-12-11-19(2)24(16-23)25(29)28-14-13-22(17-28)26-20-8-4-3-5-9-20/h3-12,15-16,22,26-27H,13-14,17H2,1-2H3. The van der Waals surface area contributed by atoms with Crippen LogP contribution < -0.4 is 10.0 Å². The number of anilines is 2. The van der Waals surface area contributed by atoms with Crippen molar-refractivity contribution in [1.29, 1.82) is 0 Å². The fraction of sp³-hybridized carbons (Fsp3) is 0.240. The molecular formula is C25H27N3O3S. The van der Waals surface area contributed by atoms with Crippen molar-refractivity contribution in [3.63, 3.8) is 0 Å². The number of nitrogens with zero attached hydrogens (tertiary/aromatic N) is 1. The van der Waals surface area contributed by atoms with Crippen LogP contribution in [0.4, 0.5) is 11.4 Å². The first-order valence-electron chi connectivity index (χ1n) is 10.6. The highest BCUT2D eigenvalue weighted by Gasteiger charge is 2.28. The summed E-state index contributed by atoms with van der Waals surface area (Å²) in [4.78, 5) is 15.1. The number of amides is 1. The highest BCUT2D eigenvalue weighted by molar-refractivity contribution is 7.92. The summed E-state index contributed by atoms with van der Waals surface area (Å²) in [7, 11) is -3.81. The maximum absolute atomic E-state index is 13.2.